The number of alkyl carbamates (subject to hydrolysis) is 1. The fourth-order valence-electron chi connectivity index (χ4n) is 3.54. The van der Waals surface area contributed by atoms with Gasteiger partial charge in [-0.2, -0.15) is 0 Å². The zero-order valence-corrected chi connectivity index (χ0v) is 20.5. The van der Waals surface area contributed by atoms with Gasteiger partial charge in [0.25, 0.3) is 0 Å². The zero-order chi connectivity index (χ0) is 20.7. The molecule has 9 heteroatoms. The minimum Gasteiger partial charge on any atom is -0.469 e. The second kappa shape index (κ2) is 11.8. The Hall–Kier alpha value is -1.49. The van der Waals surface area contributed by atoms with Crippen LogP contribution in [0.25, 0.3) is 0 Å². The third kappa shape index (κ3) is 8.33. The number of halogens is 1. The predicted molar refractivity (Wildman–Crippen MR) is 126 cm³/mol. The molecule has 3 rings (SSSR count). The van der Waals surface area contributed by atoms with Crippen LogP contribution in [0.4, 0.5) is 4.79 Å². The number of carbonyl (C=O) groups is 1. The van der Waals surface area contributed by atoms with E-state index in [0.717, 1.165) is 57.1 Å². The summed E-state index contributed by atoms with van der Waals surface area (Å²) in [6, 6.07) is 3.92. The second-order valence-corrected chi connectivity index (χ2v) is 8.63. The first kappa shape index (κ1) is 24.8. The van der Waals surface area contributed by atoms with E-state index in [1.807, 2.05) is 32.9 Å². The Balaban J connectivity index is 0.00000320. The number of likely N-dealkylation sites (tertiary alicyclic amines) is 1. The van der Waals surface area contributed by atoms with E-state index < -0.39 is 5.60 Å². The lowest BCUT2D eigenvalue weighted by atomic mass is 10.2. The van der Waals surface area contributed by atoms with E-state index in [2.05, 4.69) is 15.5 Å². The molecule has 2 saturated heterocycles. The number of carbonyl (C=O) groups excluding carboxylic acids is 1. The lowest BCUT2D eigenvalue weighted by molar-refractivity contribution is 0.0507. The monoisotopic (exact) mass is 534 g/mol. The van der Waals surface area contributed by atoms with Crippen molar-refractivity contribution in [2.45, 2.75) is 64.2 Å². The normalized spacial score (nSPS) is 22.0. The van der Waals surface area contributed by atoms with Crippen LogP contribution in [-0.2, 0) is 15.9 Å². The van der Waals surface area contributed by atoms with Gasteiger partial charge in [-0.05, 0) is 52.2 Å². The second-order valence-electron chi connectivity index (χ2n) is 8.63. The van der Waals surface area contributed by atoms with Crippen molar-refractivity contribution < 1.29 is 18.7 Å². The first-order valence-corrected chi connectivity index (χ1v) is 10.6. The molecule has 2 N–H and O–H groups in total. The highest BCUT2D eigenvalue weighted by molar-refractivity contribution is 14.0. The summed E-state index contributed by atoms with van der Waals surface area (Å²) >= 11 is 0. The molecular formula is C21H35IN4O4. The van der Waals surface area contributed by atoms with E-state index in [-0.39, 0.29) is 42.2 Å². The summed E-state index contributed by atoms with van der Waals surface area (Å²) in [5, 5.41) is 6.42. The summed E-state index contributed by atoms with van der Waals surface area (Å²) in [5.41, 5.74) is -0.496. The van der Waals surface area contributed by atoms with Gasteiger partial charge in [-0.1, -0.05) is 0 Å². The maximum atomic E-state index is 12.1. The molecule has 2 aliphatic rings. The molecule has 2 aliphatic heterocycles. The summed E-state index contributed by atoms with van der Waals surface area (Å²) in [5.74, 6) is 1.81. The van der Waals surface area contributed by atoms with Crippen LogP contribution in [-0.4, -0.2) is 67.5 Å². The standard InChI is InChI=1S/C21H34N4O4.HI/c1-21(2,3)29-20(26)24-16-9-11-25(15-16)19(23-14-18-7-5-13-28-18)22-10-8-17-6-4-12-27-17;/h4,6,12,16,18H,5,7-11,13-15H2,1-3H3,(H,22,23)(H,24,26);1H. The lowest BCUT2D eigenvalue weighted by Gasteiger charge is -2.24. The molecule has 2 fully saturated rings. The number of rotatable bonds is 6. The number of nitrogens with zero attached hydrogens (tertiary/aromatic N) is 2. The van der Waals surface area contributed by atoms with Gasteiger partial charge < -0.3 is 29.4 Å². The summed E-state index contributed by atoms with van der Waals surface area (Å²) in [7, 11) is 0. The Kier molecular flexibility index (Phi) is 9.73. The van der Waals surface area contributed by atoms with Crippen LogP contribution in [0.3, 0.4) is 0 Å². The molecule has 3 heterocycles. The molecule has 1 amide bonds. The van der Waals surface area contributed by atoms with Crippen LogP contribution in [0.5, 0.6) is 0 Å². The molecular weight excluding hydrogens is 499 g/mol. The van der Waals surface area contributed by atoms with Crippen molar-refractivity contribution in [3.05, 3.63) is 24.2 Å². The number of amides is 1. The average Bonchev–Trinajstić information content (AvgIpc) is 3.39. The average molecular weight is 534 g/mol. The smallest absolute Gasteiger partial charge is 0.407 e. The van der Waals surface area contributed by atoms with Gasteiger partial charge in [0.2, 0.25) is 0 Å². The van der Waals surface area contributed by atoms with Crippen LogP contribution < -0.4 is 10.6 Å². The van der Waals surface area contributed by atoms with E-state index >= 15 is 0 Å². The quantitative estimate of drug-likeness (QED) is 0.331. The van der Waals surface area contributed by atoms with Crippen molar-refractivity contribution in [3.8, 4) is 0 Å². The number of furan rings is 1. The molecule has 0 spiro atoms. The molecule has 0 aliphatic carbocycles. The number of aliphatic imine (C=N–C) groups is 1. The van der Waals surface area contributed by atoms with Crippen LogP contribution in [0.15, 0.2) is 27.8 Å². The van der Waals surface area contributed by atoms with E-state index in [1.165, 1.54) is 0 Å². The Morgan fingerprint density at radius 3 is 2.87 bits per heavy atom. The summed E-state index contributed by atoms with van der Waals surface area (Å²) in [6.07, 6.45) is 5.34. The van der Waals surface area contributed by atoms with Crippen LogP contribution in [0, 0.1) is 0 Å². The SMILES string of the molecule is CC(C)(C)OC(=O)NC1CCN(C(=NCC2CCCO2)NCCc2ccco2)C1.I. The van der Waals surface area contributed by atoms with E-state index in [9.17, 15) is 4.79 Å². The Morgan fingerprint density at radius 1 is 1.37 bits per heavy atom. The van der Waals surface area contributed by atoms with Crippen molar-refractivity contribution in [3.63, 3.8) is 0 Å². The predicted octanol–water partition coefficient (Wildman–Crippen LogP) is 3.16. The van der Waals surface area contributed by atoms with Gasteiger partial charge in [0.15, 0.2) is 5.96 Å². The van der Waals surface area contributed by atoms with Crippen molar-refractivity contribution in [2.75, 3.05) is 32.8 Å². The van der Waals surface area contributed by atoms with Crippen molar-refractivity contribution in [2.24, 2.45) is 4.99 Å². The van der Waals surface area contributed by atoms with Gasteiger partial charge in [-0.25, -0.2) is 4.79 Å². The largest absolute Gasteiger partial charge is 0.469 e. The third-order valence-electron chi connectivity index (χ3n) is 4.91. The third-order valence-corrected chi connectivity index (χ3v) is 4.91. The van der Waals surface area contributed by atoms with Crippen molar-refractivity contribution in [1.29, 1.82) is 0 Å². The molecule has 1 aromatic rings. The fourth-order valence-corrected chi connectivity index (χ4v) is 3.54. The first-order chi connectivity index (χ1) is 13.9. The van der Waals surface area contributed by atoms with Gasteiger partial charge in [-0.3, -0.25) is 4.99 Å². The van der Waals surface area contributed by atoms with Gasteiger partial charge in [-0.15, -0.1) is 24.0 Å². The summed E-state index contributed by atoms with van der Waals surface area (Å²) in [6.45, 7) is 9.36. The minimum absolute atomic E-state index is 0. The molecule has 1 aromatic heterocycles. The van der Waals surface area contributed by atoms with Crippen LogP contribution >= 0.6 is 24.0 Å². The van der Waals surface area contributed by atoms with Crippen LogP contribution in [0.2, 0.25) is 0 Å². The lowest BCUT2D eigenvalue weighted by Crippen LogP contribution is -2.45. The highest BCUT2D eigenvalue weighted by Crippen LogP contribution is 2.14. The van der Waals surface area contributed by atoms with Gasteiger partial charge in [0.05, 0.1) is 25.0 Å². The number of hydrogen-bond donors (Lipinski definition) is 2. The number of hydrogen-bond acceptors (Lipinski definition) is 5. The molecule has 2 atom stereocenters. The number of ether oxygens (including phenoxy) is 2. The summed E-state index contributed by atoms with van der Waals surface area (Å²) in [4.78, 5) is 19.1. The van der Waals surface area contributed by atoms with E-state index in [4.69, 9.17) is 18.9 Å². The molecule has 2 unspecified atom stereocenters. The first-order valence-electron chi connectivity index (χ1n) is 10.6. The Morgan fingerprint density at radius 2 is 2.20 bits per heavy atom. The maximum absolute atomic E-state index is 12.1. The van der Waals surface area contributed by atoms with E-state index in [1.54, 1.807) is 6.26 Å². The summed E-state index contributed by atoms with van der Waals surface area (Å²) < 4.78 is 16.5. The molecule has 0 saturated carbocycles. The fraction of sp³-hybridized carbons (Fsp3) is 0.714. The number of guanidine groups is 1. The Bertz CT molecular complexity index is 669. The van der Waals surface area contributed by atoms with Crippen molar-refractivity contribution >= 4 is 36.0 Å². The molecule has 0 aromatic carbocycles. The molecule has 8 nitrogen and oxygen atoms in total. The van der Waals surface area contributed by atoms with Gasteiger partial charge in [0.1, 0.15) is 11.4 Å². The molecule has 0 bridgehead atoms. The van der Waals surface area contributed by atoms with Crippen LogP contribution in [0.1, 0.15) is 45.8 Å². The molecule has 30 heavy (non-hydrogen) atoms. The highest BCUT2D eigenvalue weighted by atomic mass is 127. The van der Waals surface area contributed by atoms with Crippen molar-refractivity contribution in [1.82, 2.24) is 15.5 Å². The maximum Gasteiger partial charge on any atom is 0.407 e. The molecule has 0 radical (unpaired) electrons. The van der Waals surface area contributed by atoms with Gasteiger partial charge in [0, 0.05) is 32.7 Å². The topological polar surface area (TPSA) is 88.3 Å². The van der Waals surface area contributed by atoms with E-state index in [0.29, 0.717) is 13.1 Å². The minimum atomic E-state index is -0.496. The van der Waals surface area contributed by atoms with Gasteiger partial charge >= 0.3 is 6.09 Å². The highest BCUT2D eigenvalue weighted by Gasteiger charge is 2.28. The zero-order valence-electron chi connectivity index (χ0n) is 18.2. The Labute approximate surface area is 196 Å². The molecule has 170 valence electrons. The number of nitrogens with one attached hydrogen (secondary N) is 2.